The third-order valence-corrected chi connectivity index (χ3v) is 2.71. The standard InChI is InChI=1S/C14H9N3O2S/c15-8-10-5-1-3-9(7-10)4-2-6-11-12(18)16-14(20)17-13(11)19/h1-7H,(H2,16,17,18,19,20). The van der Waals surface area contributed by atoms with Crippen LogP contribution < -0.4 is 10.6 Å². The molecular weight excluding hydrogens is 274 g/mol. The summed E-state index contributed by atoms with van der Waals surface area (Å²) in [7, 11) is 0. The van der Waals surface area contributed by atoms with E-state index in [0.29, 0.717) is 5.56 Å². The van der Waals surface area contributed by atoms with Crippen molar-refractivity contribution in [1.29, 1.82) is 5.26 Å². The van der Waals surface area contributed by atoms with Gasteiger partial charge in [-0.2, -0.15) is 5.26 Å². The van der Waals surface area contributed by atoms with Crippen LogP contribution in [0.4, 0.5) is 0 Å². The Kier molecular flexibility index (Phi) is 4.03. The number of allylic oxidation sites excluding steroid dienone is 2. The Morgan fingerprint density at radius 1 is 1.20 bits per heavy atom. The minimum atomic E-state index is -0.533. The quantitative estimate of drug-likeness (QED) is 0.482. The van der Waals surface area contributed by atoms with Gasteiger partial charge in [-0.15, -0.1) is 0 Å². The first-order valence-corrected chi connectivity index (χ1v) is 6.06. The second-order valence-corrected chi connectivity index (χ2v) is 4.32. The van der Waals surface area contributed by atoms with Gasteiger partial charge >= 0.3 is 0 Å². The molecular formula is C14H9N3O2S. The number of nitrogens with one attached hydrogen (secondary N) is 2. The Bertz CT molecular complexity index is 677. The van der Waals surface area contributed by atoms with Gasteiger partial charge in [-0.25, -0.2) is 0 Å². The van der Waals surface area contributed by atoms with E-state index in [1.54, 1.807) is 30.4 Å². The highest BCUT2D eigenvalue weighted by Crippen LogP contribution is 2.07. The van der Waals surface area contributed by atoms with Crippen LogP contribution >= 0.6 is 12.2 Å². The molecule has 1 fully saturated rings. The van der Waals surface area contributed by atoms with E-state index in [2.05, 4.69) is 22.9 Å². The fourth-order valence-electron chi connectivity index (χ4n) is 1.59. The van der Waals surface area contributed by atoms with Gasteiger partial charge in [0.15, 0.2) is 5.11 Å². The summed E-state index contributed by atoms with van der Waals surface area (Å²) in [5.74, 6) is -1.07. The molecule has 0 atom stereocenters. The molecule has 2 N–H and O–H groups in total. The second-order valence-electron chi connectivity index (χ2n) is 3.91. The molecule has 2 rings (SSSR count). The molecule has 0 radical (unpaired) electrons. The zero-order valence-electron chi connectivity index (χ0n) is 10.2. The van der Waals surface area contributed by atoms with Crippen molar-refractivity contribution in [2.24, 2.45) is 0 Å². The highest BCUT2D eigenvalue weighted by Gasteiger charge is 2.24. The van der Waals surface area contributed by atoms with E-state index in [0.717, 1.165) is 5.56 Å². The van der Waals surface area contributed by atoms with Gasteiger partial charge in [-0.1, -0.05) is 24.3 Å². The normalized spacial score (nSPS) is 14.8. The first-order chi connectivity index (χ1) is 9.60. The molecule has 2 amide bonds. The Morgan fingerprint density at radius 2 is 1.90 bits per heavy atom. The summed E-state index contributed by atoms with van der Waals surface area (Å²) in [4.78, 5) is 23.1. The minimum absolute atomic E-state index is 0.00264. The fourth-order valence-corrected chi connectivity index (χ4v) is 1.78. The third kappa shape index (κ3) is 3.16. The van der Waals surface area contributed by atoms with E-state index >= 15 is 0 Å². The average molecular weight is 283 g/mol. The van der Waals surface area contributed by atoms with Crippen LogP contribution in [0.3, 0.4) is 0 Å². The van der Waals surface area contributed by atoms with Crippen LogP contribution in [0.1, 0.15) is 11.1 Å². The average Bonchev–Trinajstić information content (AvgIpc) is 2.42. The predicted molar refractivity (Wildman–Crippen MR) is 77.2 cm³/mol. The van der Waals surface area contributed by atoms with Gasteiger partial charge in [0.05, 0.1) is 11.6 Å². The molecule has 0 aromatic heterocycles. The van der Waals surface area contributed by atoms with Crippen molar-refractivity contribution in [3.05, 3.63) is 53.1 Å². The van der Waals surface area contributed by atoms with Crippen LogP contribution in [-0.4, -0.2) is 16.9 Å². The van der Waals surface area contributed by atoms with Crippen LogP contribution in [0.2, 0.25) is 0 Å². The monoisotopic (exact) mass is 283 g/mol. The number of benzene rings is 1. The summed E-state index contributed by atoms with van der Waals surface area (Å²) in [5, 5.41) is 13.5. The maximum absolute atomic E-state index is 11.6. The van der Waals surface area contributed by atoms with Gasteiger partial charge in [0.2, 0.25) is 0 Å². The van der Waals surface area contributed by atoms with Crippen LogP contribution in [0.5, 0.6) is 0 Å². The number of hydrogen-bond acceptors (Lipinski definition) is 4. The Balaban J connectivity index is 2.17. The van der Waals surface area contributed by atoms with E-state index in [4.69, 9.17) is 5.26 Å². The first kappa shape index (κ1) is 13.6. The van der Waals surface area contributed by atoms with Gasteiger partial charge in [-0.05, 0) is 36.0 Å². The molecule has 0 aliphatic carbocycles. The highest BCUT2D eigenvalue weighted by atomic mass is 32.1. The molecule has 5 nitrogen and oxygen atoms in total. The van der Waals surface area contributed by atoms with Gasteiger partial charge < -0.3 is 0 Å². The number of nitrogens with zero attached hydrogens (tertiary/aromatic N) is 1. The van der Waals surface area contributed by atoms with E-state index < -0.39 is 11.8 Å². The van der Waals surface area contributed by atoms with Crippen LogP contribution in [0.15, 0.2) is 42.0 Å². The lowest BCUT2D eigenvalue weighted by atomic mass is 10.1. The predicted octanol–water partition coefficient (Wildman–Crippen LogP) is 1.03. The van der Waals surface area contributed by atoms with Gasteiger partial charge in [-0.3, -0.25) is 20.2 Å². The summed E-state index contributed by atoms with van der Waals surface area (Å²) in [6.07, 6.45) is 4.66. The fraction of sp³-hybridized carbons (Fsp3) is 0. The number of carbonyl (C=O) groups is 2. The molecule has 0 unspecified atom stereocenters. The molecule has 1 aromatic carbocycles. The molecule has 1 aliphatic rings. The molecule has 1 aromatic rings. The van der Waals surface area contributed by atoms with E-state index in [1.165, 1.54) is 6.08 Å². The zero-order chi connectivity index (χ0) is 14.5. The molecule has 1 aliphatic heterocycles. The van der Waals surface area contributed by atoms with E-state index in [1.807, 2.05) is 12.1 Å². The number of rotatable bonds is 2. The molecule has 98 valence electrons. The Labute approximate surface area is 120 Å². The Hall–Kier alpha value is -2.78. The van der Waals surface area contributed by atoms with Crippen LogP contribution in [0, 0.1) is 11.3 Å². The number of hydrogen-bond donors (Lipinski definition) is 2. The molecule has 6 heteroatoms. The number of carbonyl (C=O) groups excluding carboxylic acids is 2. The van der Waals surface area contributed by atoms with Gasteiger partial charge in [0, 0.05) is 0 Å². The summed E-state index contributed by atoms with van der Waals surface area (Å²) in [6.45, 7) is 0. The summed E-state index contributed by atoms with van der Waals surface area (Å²) < 4.78 is 0. The second kappa shape index (κ2) is 5.91. The minimum Gasteiger partial charge on any atom is -0.299 e. The smallest absolute Gasteiger partial charge is 0.263 e. The van der Waals surface area contributed by atoms with E-state index in [-0.39, 0.29) is 10.7 Å². The molecule has 0 spiro atoms. The molecule has 1 heterocycles. The van der Waals surface area contributed by atoms with Crippen molar-refractivity contribution in [2.45, 2.75) is 0 Å². The molecule has 1 saturated heterocycles. The first-order valence-electron chi connectivity index (χ1n) is 5.65. The molecule has 0 bridgehead atoms. The summed E-state index contributed by atoms with van der Waals surface area (Å²) in [5.41, 5.74) is 1.32. The maximum Gasteiger partial charge on any atom is 0.263 e. The Morgan fingerprint density at radius 3 is 2.55 bits per heavy atom. The third-order valence-electron chi connectivity index (χ3n) is 2.51. The topological polar surface area (TPSA) is 82.0 Å². The highest BCUT2D eigenvalue weighted by molar-refractivity contribution is 7.80. The lowest BCUT2D eigenvalue weighted by Crippen LogP contribution is -2.51. The van der Waals surface area contributed by atoms with Crippen molar-refractivity contribution in [2.75, 3.05) is 0 Å². The zero-order valence-corrected chi connectivity index (χ0v) is 11.0. The van der Waals surface area contributed by atoms with E-state index in [9.17, 15) is 9.59 Å². The van der Waals surface area contributed by atoms with Crippen molar-refractivity contribution in [3.63, 3.8) is 0 Å². The SMILES string of the molecule is N#Cc1cccc(C=CC=C2C(=O)NC(=S)NC2=O)c1. The molecule has 20 heavy (non-hydrogen) atoms. The van der Waals surface area contributed by atoms with Crippen molar-refractivity contribution >= 4 is 35.2 Å². The summed E-state index contributed by atoms with van der Waals surface area (Å²) in [6, 6.07) is 8.99. The number of thiocarbonyl (C=S) groups is 1. The van der Waals surface area contributed by atoms with Crippen LogP contribution in [-0.2, 0) is 9.59 Å². The van der Waals surface area contributed by atoms with Crippen LogP contribution in [0.25, 0.3) is 6.08 Å². The lowest BCUT2D eigenvalue weighted by Gasteiger charge is -2.15. The van der Waals surface area contributed by atoms with Crippen molar-refractivity contribution in [1.82, 2.24) is 10.6 Å². The largest absolute Gasteiger partial charge is 0.299 e. The van der Waals surface area contributed by atoms with Gasteiger partial charge in [0.1, 0.15) is 5.57 Å². The number of nitriles is 1. The van der Waals surface area contributed by atoms with Crippen molar-refractivity contribution in [3.8, 4) is 6.07 Å². The number of amides is 2. The molecule has 0 saturated carbocycles. The van der Waals surface area contributed by atoms with Gasteiger partial charge in [0.25, 0.3) is 11.8 Å². The lowest BCUT2D eigenvalue weighted by molar-refractivity contribution is -0.123. The maximum atomic E-state index is 11.6. The van der Waals surface area contributed by atoms with Crippen molar-refractivity contribution < 1.29 is 9.59 Å². The summed E-state index contributed by atoms with van der Waals surface area (Å²) >= 11 is 4.69.